The Morgan fingerprint density at radius 1 is 0.545 bits per heavy atom. The van der Waals surface area contributed by atoms with Crippen LogP contribution in [0.2, 0.25) is 0 Å². The van der Waals surface area contributed by atoms with Crippen molar-refractivity contribution in [3.63, 3.8) is 0 Å². The van der Waals surface area contributed by atoms with Gasteiger partial charge in [-0.3, -0.25) is 0 Å². The largest absolute Gasteiger partial charge is 0.396 e. The van der Waals surface area contributed by atoms with E-state index in [1.165, 1.54) is 63.5 Å². The summed E-state index contributed by atoms with van der Waals surface area (Å²) in [5.41, 5.74) is 0. The first kappa shape index (κ1) is 23.6. The Kier molecular flexibility index (Phi) is 21.8. The van der Waals surface area contributed by atoms with Gasteiger partial charge in [-0.2, -0.15) is 0 Å². The van der Waals surface area contributed by atoms with E-state index in [9.17, 15) is 0 Å². The lowest BCUT2D eigenvalue weighted by Crippen LogP contribution is -2.20. The summed E-state index contributed by atoms with van der Waals surface area (Å²) in [6.07, 6.45) is 12.9. The average Bonchev–Trinajstić information content (AvgIpc) is 2.55. The maximum atomic E-state index is 8.69. The summed E-state index contributed by atoms with van der Waals surface area (Å²) in [6.45, 7) is 7.24. The van der Waals surface area contributed by atoms with E-state index in [4.69, 9.17) is 20.4 Å². The highest BCUT2D eigenvalue weighted by atomic mass is 16.3. The van der Waals surface area contributed by atoms with Gasteiger partial charge in [-0.25, -0.2) is 0 Å². The van der Waals surface area contributed by atoms with Gasteiger partial charge in [0.15, 0.2) is 0 Å². The van der Waals surface area contributed by atoms with Crippen LogP contribution in [0.4, 0.5) is 0 Å². The van der Waals surface area contributed by atoms with Crippen molar-refractivity contribution in [3.05, 3.63) is 25.3 Å². The van der Waals surface area contributed by atoms with Crippen LogP contribution < -0.4 is 0 Å². The molecule has 2 atom stereocenters. The van der Waals surface area contributed by atoms with E-state index in [-0.39, 0.29) is 0 Å². The van der Waals surface area contributed by atoms with Crippen LogP contribution in [0.1, 0.15) is 64.2 Å². The van der Waals surface area contributed by atoms with Crippen molar-refractivity contribution in [2.45, 2.75) is 76.4 Å². The number of hydrogen-bond donors (Lipinski definition) is 4. The first-order chi connectivity index (χ1) is 10.6. The summed E-state index contributed by atoms with van der Waals surface area (Å²) in [5, 5.41) is 34.5. The van der Waals surface area contributed by atoms with Gasteiger partial charge < -0.3 is 20.4 Å². The number of aliphatic hydroxyl groups excluding tert-OH is 4. The van der Waals surface area contributed by atoms with Crippen LogP contribution in [0.25, 0.3) is 0 Å². The zero-order chi connectivity index (χ0) is 17.1. The summed E-state index contributed by atoms with van der Waals surface area (Å²) in [7, 11) is 0. The minimum absolute atomic E-state index is 0.348. The van der Waals surface area contributed by atoms with Crippen LogP contribution in [-0.2, 0) is 0 Å². The molecule has 132 valence electrons. The van der Waals surface area contributed by atoms with Crippen molar-refractivity contribution in [1.29, 1.82) is 0 Å². The molecule has 0 spiro atoms. The van der Waals surface area contributed by atoms with Gasteiger partial charge >= 0.3 is 0 Å². The van der Waals surface area contributed by atoms with E-state index in [1.54, 1.807) is 0 Å². The molecule has 0 amide bonds. The van der Waals surface area contributed by atoms with Crippen molar-refractivity contribution in [3.8, 4) is 0 Å². The maximum absolute atomic E-state index is 8.69. The van der Waals surface area contributed by atoms with Crippen LogP contribution in [0, 0.1) is 0 Å². The van der Waals surface area contributed by atoms with Gasteiger partial charge in [0.05, 0.1) is 0 Å². The van der Waals surface area contributed by atoms with E-state index in [2.05, 4.69) is 13.2 Å². The van der Waals surface area contributed by atoms with Crippen molar-refractivity contribution < 1.29 is 20.4 Å². The Labute approximate surface area is 136 Å². The normalized spacial score (nSPS) is 12.9. The van der Waals surface area contributed by atoms with Gasteiger partial charge in [0.2, 0.25) is 0 Å². The second-order valence-corrected chi connectivity index (χ2v) is 5.44. The topological polar surface area (TPSA) is 80.9 Å². The molecule has 4 N–H and O–H groups in total. The lowest BCUT2D eigenvalue weighted by molar-refractivity contribution is 0.0813. The molecule has 0 heterocycles. The van der Waals surface area contributed by atoms with Gasteiger partial charge in [-0.15, -0.1) is 13.2 Å². The Balaban J connectivity index is 0. The SMILES string of the molecule is C=CC(O)C(O)C=C.OCCCCCCCCCCCCO. The first-order valence-electron chi connectivity index (χ1n) is 8.47. The molecule has 22 heavy (non-hydrogen) atoms. The predicted octanol–water partition coefficient (Wildman–Crippen LogP) is 2.95. The lowest BCUT2D eigenvalue weighted by atomic mass is 10.1. The number of unbranched alkanes of at least 4 members (excludes halogenated alkanes) is 9. The molecule has 0 aliphatic rings. The van der Waals surface area contributed by atoms with E-state index in [0.717, 1.165) is 12.8 Å². The smallest absolute Gasteiger partial charge is 0.101 e. The van der Waals surface area contributed by atoms with Crippen molar-refractivity contribution in [1.82, 2.24) is 0 Å². The Morgan fingerprint density at radius 3 is 0.955 bits per heavy atom. The molecular formula is C18H36O4. The molecule has 0 aliphatic carbocycles. The molecule has 0 fully saturated rings. The molecule has 0 aromatic carbocycles. The van der Waals surface area contributed by atoms with E-state index in [0.29, 0.717) is 13.2 Å². The molecule has 4 nitrogen and oxygen atoms in total. The lowest BCUT2D eigenvalue weighted by Gasteiger charge is -2.06. The second kappa shape index (κ2) is 20.3. The summed E-state index contributed by atoms with van der Waals surface area (Å²) < 4.78 is 0. The van der Waals surface area contributed by atoms with Crippen LogP contribution >= 0.6 is 0 Å². The minimum atomic E-state index is -0.882. The molecule has 0 rings (SSSR count). The molecule has 0 saturated carbocycles. The molecule has 2 unspecified atom stereocenters. The molecule has 0 saturated heterocycles. The highest BCUT2D eigenvalue weighted by molar-refractivity contribution is 4.93. The monoisotopic (exact) mass is 316 g/mol. The molecular weight excluding hydrogens is 280 g/mol. The van der Waals surface area contributed by atoms with Crippen LogP contribution in [0.5, 0.6) is 0 Å². The number of aliphatic hydroxyl groups is 4. The Morgan fingerprint density at radius 2 is 0.773 bits per heavy atom. The third kappa shape index (κ3) is 19.3. The fourth-order valence-electron chi connectivity index (χ4n) is 1.92. The van der Waals surface area contributed by atoms with E-state index >= 15 is 0 Å². The quantitative estimate of drug-likeness (QED) is 0.293. The Hall–Kier alpha value is -0.680. The molecule has 0 bridgehead atoms. The molecule has 4 heteroatoms. The van der Waals surface area contributed by atoms with Crippen molar-refractivity contribution in [2.75, 3.05) is 13.2 Å². The molecule has 0 radical (unpaired) electrons. The van der Waals surface area contributed by atoms with Crippen LogP contribution in [0.3, 0.4) is 0 Å². The third-order valence-corrected chi connectivity index (χ3v) is 3.40. The summed E-state index contributed by atoms with van der Waals surface area (Å²) in [6, 6.07) is 0. The van der Waals surface area contributed by atoms with Gasteiger partial charge in [0.1, 0.15) is 12.2 Å². The minimum Gasteiger partial charge on any atom is -0.396 e. The third-order valence-electron chi connectivity index (χ3n) is 3.40. The van der Waals surface area contributed by atoms with Crippen molar-refractivity contribution >= 4 is 0 Å². The average molecular weight is 316 g/mol. The second-order valence-electron chi connectivity index (χ2n) is 5.44. The molecule has 0 aliphatic heterocycles. The standard InChI is InChI=1S/C12H26O2.C6H10O2/c13-11-9-7-5-3-1-2-4-6-8-10-12-14;1-3-5(7)6(8)4-2/h13-14H,1-12H2;3-8H,1-2H2. The zero-order valence-electron chi connectivity index (χ0n) is 14.0. The fourth-order valence-corrected chi connectivity index (χ4v) is 1.92. The predicted molar refractivity (Wildman–Crippen MR) is 92.7 cm³/mol. The van der Waals surface area contributed by atoms with Crippen LogP contribution in [-0.4, -0.2) is 45.8 Å². The van der Waals surface area contributed by atoms with E-state index < -0.39 is 12.2 Å². The van der Waals surface area contributed by atoms with Gasteiger partial charge in [-0.1, -0.05) is 63.5 Å². The maximum Gasteiger partial charge on any atom is 0.101 e. The molecule has 0 aromatic rings. The Bertz CT molecular complexity index is 207. The number of rotatable bonds is 14. The summed E-state index contributed by atoms with van der Waals surface area (Å²) in [5.74, 6) is 0. The number of hydrogen-bond acceptors (Lipinski definition) is 4. The first-order valence-corrected chi connectivity index (χ1v) is 8.47. The van der Waals surface area contributed by atoms with Crippen molar-refractivity contribution in [2.24, 2.45) is 0 Å². The highest BCUT2D eigenvalue weighted by Crippen LogP contribution is 2.10. The van der Waals surface area contributed by atoms with E-state index in [1.807, 2.05) is 0 Å². The van der Waals surface area contributed by atoms with Gasteiger partial charge in [0, 0.05) is 13.2 Å². The summed E-state index contributed by atoms with van der Waals surface area (Å²) >= 11 is 0. The molecule has 0 aromatic heterocycles. The summed E-state index contributed by atoms with van der Waals surface area (Å²) in [4.78, 5) is 0. The van der Waals surface area contributed by atoms with Gasteiger partial charge in [-0.05, 0) is 12.8 Å². The van der Waals surface area contributed by atoms with Gasteiger partial charge in [0.25, 0.3) is 0 Å². The highest BCUT2D eigenvalue weighted by Gasteiger charge is 2.05. The van der Waals surface area contributed by atoms with Crippen LogP contribution in [0.15, 0.2) is 25.3 Å². The fraction of sp³-hybridized carbons (Fsp3) is 0.778. The zero-order valence-corrected chi connectivity index (χ0v) is 14.0.